The maximum absolute atomic E-state index is 13.3. The van der Waals surface area contributed by atoms with Crippen LogP contribution in [0.15, 0.2) is 77.7 Å². The maximum Gasteiger partial charge on any atom is 0.265 e. The van der Waals surface area contributed by atoms with E-state index in [1.54, 1.807) is 42.5 Å². The van der Waals surface area contributed by atoms with Crippen molar-refractivity contribution in [2.24, 2.45) is 0 Å². The van der Waals surface area contributed by atoms with Gasteiger partial charge in [0.1, 0.15) is 16.4 Å². The number of hydrogen-bond acceptors (Lipinski definition) is 7. The van der Waals surface area contributed by atoms with Gasteiger partial charge < -0.3 is 9.47 Å². The topological polar surface area (TPSA) is 119 Å². The normalized spacial score (nSPS) is 15.3. The average molecular weight is 489 g/mol. The van der Waals surface area contributed by atoms with Crippen molar-refractivity contribution in [1.82, 2.24) is 0 Å². The molecular weight excluding hydrogens is 468 g/mol. The fraction of sp³-hybridized carbons (Fsp3) is 0.136. The van der Waals surface area contributed by atoms with Crippen LogP contribution in [0, 0.1) is 0 Å². The largest absolute Gasteiger partial charge is 0.495 e. The summed E-state index contributed by atoms with van der Waals surface area (Å²) in [5.41, 5.74) is 0.0891. The number of para-hydroxylation sites is 3. The Labute approximate surface area is 191 Å². The number of sulfonamides is 2. The first-order valence-electron chi connectivity index (χ1n) is 9.80. The van der Waals surface area contributed by atoms with Gasteiger partial charge in [-0.1, -0.05) is 30.3 Å². The molecule has 1 aliphatic heterocycles. The van der Waals surface area contributed by atoms with Gasteiger partial charge in [-0.15, -0.1) is 0 Å². The highest BCUT2D eigenvalue weighted by atomic mass is 32.2. The molecule has 0 aromatic heterocycles. The third kappa shape index (κ3) is 4.64. The van der Waals surface area contributed by atoms with Gasteiger partial charge in [-0.3, -0.25) is 9.52 Å². The summed E-state index contributed by atoms with van der Waals surface area (Å²) in [5.74, 6) is -0.196. The van der Waals surface area contributed by atoms with E-state index < -0.39 is 26.0 Å². The van der Waals surface area contributed by atoms with Crippen LogP contribution < -0.4 is 18.5 Å². The van der Waals surface area contributed by atoms with Crippen LogP contribution in [0.5, 0.6) is 17.2 Å². The maximum atomic E-state index is 13.3. The van der Waals surface area contributed by atoms with Crippen LogP contribution in [0.25, 0.3) is 0 Å². The Morgan fingerprint density at radius 1 is 0.939 bits per heavy atom. The lowest BCUT2D eigenvalue weighted by Gasteiger charge is -2.18. The molecule has 33 heavy (non-hydrogen) atoms. The molecule has 9 nitrogen and oxygen atoms in total. The minimum absolute atomic E-state index is 0.0169. The van der Waals surface area contributed by atoms with Crippen LogP contribution in [0.1, 0.15) is 6.42 Å². The second-order valence-corrected chi connectivity index (χ2v) is 10.7. The first kappa shape index (κ1) is 22.6. The summed E-state index contributed by atoms with van der Waals surface area (Å²) in [7, 11) is -6.84. The molecule has 0 unspecified atom stereocenters. The predicted octanol–water partition coefficient (Wildman–Crippen LogP) is 3.35. The minimum Gasteiger partial charge on any atom is -0.495 e. The molecule has 1 aliphatic rings. The Morgan fingerprint density at radius 2 is 1.64 bits per heavy atom. The lowest BCUT2D eigenvalue weighted by atomic mass is 10.3. The monoisotopic (exact) mass is 488 g/mol. The molecule has 4 rings (SSSR count). The van der Waals surface area contributed by atoms with Crippen molar-refractivity contribution in [3.63, 3.8) is 0 Å². The summed E-state index contributed by atoms with van der Waals surface area (Å²) >= 11 is 0. The first-order valence-corrected chi connectivity index (χ1v) is 12.9. The van der Waals surface area contributed by atoms with E-state index in [9.17, 15) is 21.6 Å². The number of methoxy groups -OCH3 is 1. The minimum atomic E-state index is -4.27. The number of nitrogens with zero attached hydrogens (tertiary/aromatic N) is 1. The Balaban J connectivity index is 1.72. The van der Waals surface area contributed by atoms with Crippen LogP contribution in [0.4, 0.5) is 11.4 Å². The molecule has 1 saturated heterocycles. The molecule has 0 radical (unpaired) electrons. The predicted molar refractivity (Wildman–Crippen MR) is 123 cm³/mol. The van der Waals surface area contributed by atoms with E-state index in [4.69, 9.17) is 9.47 Å². The summed E-state index contributed by atoms with van der Waals surface area (Å²) in [6.07, 6.45) is -0.168. The van der Waals surface area contributed by atoms with Gasteiger partial charge in [0, 0.05) is 6.42 Å². The van der Waals surface area contributed by atoms with Crippen LogP contribution in [0.2, 0.25) is 0 Å². The van der Waals surface area contributed by atoms with Crippen molar-refractivity contribution in [2.75, 3.05) is 21.9 Å². The van der Waals surface area contributed by atoms with Gasteiger partial charge in [0.2, 0.25) is 15.9 Å². The zero-order chi connectivity index (χ0) is 23.6. The van der Waals surface area contributed by atoms with Gasteiger partial charge in [0.15, 0.2) is 5.75 Å². The van der Waals surface area contributed by atoms with E-state index in [2.05, 4.69) is 4.72 Å². The summed E-state index contributed by atoms with van der Waals surface area (Å²) in [4.78, 5) is 11.8. The number of hydrogen-bond donors (Lipinski definition) is 1. The third-order valence-electron chi connectivity index (χ3n) is 4.85. The second-order valence-electron chi connectivity index (χ2n) is 7.08. The van der Waals surface area contributed by atoms with E-state index in [-0.39, 0.29) is 39.9 Å². The molecule has 3 aromatic carbocycles. The highest BCUT2D eigenvalue weighted by Crippen LogP contribution is 2.35. The van der Waals surface area contributed by atoms with Gasteiger partial charge >= 0.3 is 0 Å². The molecule has 0 bridgehead atoms. The number of carbonyl (C=O) groups excluding carboxylic acids is 1. The summed E-state index contributed by atoms with van der Waals surface area (Å²) in [5, 5.41) is 0. The van der Waals surface area contributed by atoms with Gasteiger partial charge in [0.25, 0.3) is 10.0 Å². The number of carbonyl (C=O) groups is 1. The standard InChI is InChI=1S/C22H20N2O7S2/c1-30-20-12-11-16(24-22(25)13-14-32(24,26)27)15-21(20)33(28,29)23-18-9-5-6-10-19(18)31-17-7-3-2-4-8-17/h2-12,15,23H,13-14H2,1H3. The van der Waals surface area contributed by atoms with Gasteiger partial charge in [0.05, 0.1) is 24.2 Å². The van der Waals surface area contributed by atoms with Gasteiger partial charge in [-0.05, 0) is 42.5 Å². The molecule has 172 valence electrons. The molecule has 1 fully saturated rings. The molecule has 0 aliphatic carbocycles. The Hall–Kier alpha value is -3.57. The highest BCUT2D eigenvalue weighted by molar-refractivity contribution is 7.94. The molecule has 0 saturated carbocycles. The van der Waals surface area contributed by atoms with Crippen LogP contribution in [0.3, 0.4) is 0 Å². The van der Waals surface area contributed by atoms with E-state index >= 15 is 0 Å². The molecular formula is C22H20N2O7S2. The molecule has 1 amide bonds. The lowest BCUT2D eigenvalue weighted by molar-refractivity contribution is -0.116. The number of nitrogens with one attached hydrogen (secondary N) is 1. The van der Waals surface area contributed by atoms with Crippen LogP contribution >= 0.6 is 0 Å². The van der Waals surface area contributed by atoms with Gasteiger partial charge in [-0.25, -0.2) is 21.1 Å². The summed E-state index contributed by atoms with van der Waals surface area (Å²) in [6.45, 7) is 0. The first-order chi connectivity index (χ1) is 15.7. The van der Waals surface area contributed by atoms with E-state index in [0.29, 0.717) is 10.1 Å². The number of rotatable bonds is 7. The average Bonchev–Trinajstić information content (AvgIpc) is 3.07. The van der Waals surface area contributed by atoms with Crippen molar-refractivity contribution < 1.29 is 31.1 Å². The number of ether oxygens (including phenoxy) is 2. The number of benzene rings is 3. The van der Waals surface area contributed by atoms with Crippen molar-refractivity contribution in [2.45, 2.75) is 11.3 Å². The van der Waals surface area contributed by atoms with E-state index in [1.165, 1.54) is 25.3 Å². The van der Waals surface area contributed by atoms with Crippen LogP contribution in [-0.4, -0.2) is 35.6 Å². The Morgan fingerprint density at radius 3 is 2.30 bits per heavy atom. The summed E-state index contributed by atoms with van der Waals surface area (Å²) < 4.78 is 65.2. The van der Waals surface area contributed by atoms with Gasteiger partial charge in [-0.2, -0.15) is 0 Å². The Kier molecular flexibility index (Phi) is 6.00. The molecule has 0 spiro atoms. The molecule has 11 heteroatoms. The van der Waals surface area contributed by atoms with E-state index in [1.807, 2.05) is 6.07 Å². The number of amides is 1. The van der Waals surface area contributed by atoms with Crippen LogP contribution in [-0.2, 0) is 24.8 Å². The quantitative estimate of drug-likeness (QED) is 0.542. The van der Waals surface area contributed by atoms with Crippen molar-refractivity contribution >= 4 is 37.3 Å². The SMILES string of the molecule is COc1ccc(N2C(=O)CCS2(=O)=O)cc1S(=O)(=O)Nc1ccccc1Oc1ccccc1. The zero-order valence-electron chi connectivity index (χ0n) is 17.5. The number of anilines is 2. The third-order valence-corrected chi connectivity index (χ3v) is 7.93. The van der Waals surface area contributed by atoms with E-state index in [0.717, 1.165) is 6.07 Å². The smallest absolute Gasteiger partial charge is 0.265 e. The lowest BCUT2D eigenvalue weighted by Crippen LogP contribution is -2.29. The molecule has 0 atom stereocenters. The zero-order valence-corrected chi connectivity index (χ0v) is 19.1. The fourth-order valence-electron chi connectivity index (χ4n) is 3.33. The van der Waals surface area contributed by atoms with Crippen molar-refractivity contribution in [1.29, 1.82) is 0 Å². The van der Waals surface area contributed by atoms with Crippen molar-refractivity contribution in [3.05, 3.63) is 72.8 Å². The molecule has 3 aromatic rings. The van der Waals surface area contributed by atoms with Crippen molar-refractivity contribution in [3.8, 4) is 17.2 Å². The molecule has 1 N–H and O–H groups in total. The second kappa shape index (κ2) is 8.75. The Bertz CT molecular complexity index is 1410. The fourth-order valence-corrected chi connectivity index (χ4v) is 6.04. The summed E-state index contributed by atoms with van der Waals surface area (Å²) in [6, 6.07) is 19.0. The highest BCUT2D eigenvalue weighted by Gasteiger charge is 2.37. The molecule has 1 heterocycles.